The first kappa shape index (κ1) is 5.11. The highest BCUT2D eigenvalue weighted by molar-refractivity contribution is 7.14. The van der Waals surface area contributed by atoms with E-state index in [4.69, 9.17) is 0 Å². The molecule has 0 bridgehead atoms. The van der Waals surface area contributed by atoms with Crippen LogP contribution in [0.25, 0.3) is 0 Å². The second-order valence-corrected chi connectivity index (χ2v) is 2.93. The molecule has 0 unspecified atom stereocenters. The average Bonchev–Trinajstić information content (AvgIpc) is 2.33. The van der Waals surface area contributed by atoms with Crippen molar-refractivity contribution in [1.29, 1.82) is 0 Å². The van der Waals surface area contributed by atoms with Gasteiger partial charge < -0.3 is 10.6 Å². The lowest BCUT2D eigenvalue weighted by molar-refractivity contribution is 1.06. The molecule has 2 heterocycles. The van der Waals surface area contributed by atoms with Gasteiger partial charge in [0.1, 0.15) is 5.00 Å². The smallest absolute Gasteiger partial charge is 0.112 e. The fourth-order valence-electron chi connectivity index (χ4n) is 0.959. The first-order chi connectivity index (χ1) is 4.47. The predicted octanol–water partition coefficient (Wildman–Crippen LogP) is 1.59. The minimum Gasteiger partial charge on any atom is -0.381 e. The van der Waals surface area contributed by atoms with E-state index in [-0.39, 0.29) is 0 Å². The number of hydrogen-bond acceptors (Lipinski definition) is 3. The first-order valence-electron chi connectivity index (χ1n) is 3.02. The molecule has 0 saturated carbocycles. The zero-order chi connectivity index (χ0) is 6.10. The molecule has 1 aliphatic rings. The Labute approximate surface area is 57.9 Å². The Balaban J connectivity index is 2.39. The fraction of sp³-hybridized carbons (Fsp3) is 0.333. The van der Waals surface area contributed by atoms with Crippen molar-refractivity contribution in [1.82, 2.24) is 0 Å². The maximum absolute atomic E-state index is 3.30. The van der Waals surface area contributed by atoms with Crippen molar-refractivity contribution in [3.8, 4) is 0 Å². The molecule has 3 heteroatoms. The van der Waals surface area contributed by atoms with Crippen molar-refractivity contribution in [2.45, 2.75) is 0 Å². The predicted molar refractivity (Wildman–Crippen MR) is 41.3 cm³/mol. The molecule has 0 aromatic carbocycles. The van der Waals surface area contributed by atoms with Crippen LogP contribution in [0.3, 0.4) is 0 Å². The van der Waals surface area contributed by atoms with Crippen LogP contribution >= 0.6 is 11.3 Å². The lowest BCUT2D eigenvalue weighted by Crippen LogP contribution is -2.18. The number of nitrogens with one attached hydrogen (secondary N) is 2. The molecule has 9 heavy (non-hydrogen) atoms. The summed E-state index contributed by atoms with van der Waals surface area (Å²) in [5.74, 6) is 0. The number of fused-ring (bicyclic) bond motifs is 1. The highest BCUT2D eigenvalue weighted by Gasteiger charge is 2.06. The average molecular weight is 140 g/mol. The van der Waals surface area contributed by atoms with Crippen molar-refractivity contribution in [2.24, 2.45) is 0 Å². The molecule has 1 aromatic heterocycles. The Morgan fingerprint density at radius 1 is 1.33 bits per heavy atom. The van der Waals surface area contributed by atoms with Gasteiger partial charge in [0.25, 0.3) is 0 Å². The highest BCUT2D eigenvalue weighted by atomic mass is 32.1. The summed E-state index contributed by atoms with van der Waals surface area (Å²) in [5, 5.41) is 9.96. The standard InChI is InChI=1S/C6H8N2S/c1-4-9-6-5(1)7-2-3-8-6/h1,4,7-8H,2-3H2. The molecule has 1 aromatic rings. The molecule has 0 saturated heterocycles. The maximum atomic E-state index is 3.30. The molecule has 48 valence electrons. The van der Waals surface area contributed by atoms with Gasteiger partial charge in [0.05, 0.1) is 5.69 Å². The minimum absolute atomic E-state index is 1.05. The minimum atomic E-state index is 1.05. The van der Waals surface area contributed by atoms with Gasteiger partial charge in [-0.15, -0.1) is 11.3 Å². The quantitative estimate of drug-likeness (QED) is 0.571. The van der Waals surface area contributed by atoms with E-state index < -0.39 is 0 Å². The largest absolute Gasteiger partial charge is 0.381 e. The van der Waals surface area contributed by atoms with E-state index in [0.29, 0.717) is 0 Å². The lowest BCUT2D eigenvalue weighted by Gasteiger charge is -2.14. The van der Waals surface area contributed by atoms with Gasteiger partial charge in [-0.1, -0.05) is 0 Å². The van der Waals surface area contributed by atoms with Gasteiger partial charge in [-0.3, -0.25) is 0 Å². The van der Waals surface area contributed by atoms with Crippen LogP contribution in [0.1, 0.15) is 0 Å². The second kappa shape index (κ2) is 1.92. The van der Waals surface area contributed by atoms with Gasteiger partial charge in [0.15, 0.2) is 0 Å². The van der Waals surface area contributed by atoms with E-state index in [0.717, 1.165) is 13.1 Å². The van der Waals surface area contributed by atoms with Crippen molar-refractivity contribution in [3.63, 3.8) is 0 Å². The summed E-state index contributed by atoms with van der Waals surface area (Å²) in [5.41, 5.74) is 1.26. The van der Waals surface area contributed by atoms with Gasteiger partial charge in [0, 0.05) is 13.1 Å². The van der Waals surface area contributed by atoms with Gasteiger partial charge in [0.2, 0.25) is 0 Å². The zero-order valence-electron chi connectivity index (χ0n) is 4.98. The molecular formula is C6H8N2S. The molecule has 2 N–H and O–H groups in total. The summed E-state index contributed by atoms with van der Waals surface area (Å²) in [6.07, 6.45) is 0. The van der Waals surface area contributed by atoms with E-state index >= 15 is 0 Å². The van der Waals surface area contributed by atoms with Crippen LogP contribution in [0, 0.1) is 0 Å². The molecule has 0 radical (unpaired) electrons. The SMILES string of the molecule is c1cc2c(s1)NCCN2. The molecule has 2 rings (SSSR count). The Hall–Kier alpha value is -0.700. The van der Waals surface area contributed by atoms with Crippen molar-refractivity contribution in [3.05, 3.63) is 11.4 Å². The van der Waals surface area contributed by atoms with Crippen LogP contribution in [-0.2, 0) is 0 Å². The third kappa shape index (κ3) is 0.772. The Bertz CT molecular complexity index is 186. The summed E-state index contributed by atoms with van der Waals surface area (Å²) in [6.45, 7) is 2.09. The van der Waals surface area contributed by atoms with Crippen LogP contribution in [0.15, 0.2) is 11.4 Å². The number of hydrogen-bond donors (Lipinski definition) is 2. The summed E-state index contributed by atoms with van der Waals surface area (Å²) >= 11 is 1.75. The molecular weight excluding hydrogens is 132 g/mol. The second-order valence-electron chi connectivity index (χ2n) is 2.02. The third-order valence-corrected chi connectivity index (χ3v) is 2.26. The van der Waals surface area contributed by atoms with Crippen molar-refractivity contribution in [2.75, 3.05) is 23.7 Å². The van der Waals surface area contributed by atoms with Crippen LogP contribution in [0.5, 0.6) is 0 Å². The van der Waals surface area contributed by atoms with Gasteiger partial charge >= 0.3 is 0 Å². The van der Waals surface area contributed by atoms with Crippen molar-refractivity contribution >= 4 is 22.0 Å². The molecule has 0 amide bonds. The van der Waals surface area contributed by atoms with E-state index in [1.54, 1.807) is 11.3 Å². The Kier molecular flexibility index (Phi) is 1.09. The Morgan fingerprint density at radius 3 is 3.11 bits per heavy atom. The monoisotopic (exact) mass is 140 g/mol. The van der Waals surface area contributed by atoms with Crippen LogP contribution in [0.4, 0.5) is 10.7 Å². The molecule has 2 nitrogen and oxygen atoms in total. The summed E-state index contributed by atoms with van der Waals surface area (Å²) in [4.78, 5) is 0. The van der Waals surface area contributed by atoms with Crippen LogP contribution in [-0.4, -0.2) is 13.1 Å². The maximum Gasteiger partial charge on any atom is 0.112 e. The third-order valence-electron chi connectivity index (χ3n) is 1.39. The van der Waals surface area contributed by atoms with Crippen molar-refractivity contribution < 1.29 is 0 Å². The van der Waals surface area contributed by atoms with Crippen LogP contribution in [0.2, 0.25) is 0 Å². The summed E-state index contributed by atoms with van der Waals surface area (Å²) < 4.78 is 0. The van der Waals surface area contributed by atoms with E-state index in [9.17, 15) is 0 Å². The molecule has 0 atom stereocenters. The summed E-state index contributed by atoms with van der Waals surface area (Å²) in [7, 11) is 0. The van der Waals surface area contributed by atoms with E-state index in [1.165, 1.54) is 10.7 Å². The lowest BCUT2D eigenvalue weighted by atomic mass is 10.4. The molecule has 1 aliphatic heterocycles. The molecule has 0 fully saturated rings. The Morgan fingerprint density at radius 2 is 2.22 bits per heavy atom. The zero-order valence-corrected chi connectivity index (χ0v) is 5.79. The van der Waals surface area contributed by atoms with E-state index in [1.807, 2.05) is 0 Å². The van der Waals surface area contributed by atoms with Gasteiger partial charge in [-0.2, -0.15) is 0 Å². The van der Waals surface area contributed by atoms with E-state index in [2.05, 4.69) is 22.1 Å². The number of anilines is 2. The topological polar surface area (TPSA) is 24.1 Å². The number of thiophene rings is 1. The molecule has 0 aliphatic carbocycles. The van der Waals surface area contributed by atoms with Crippen LogP contribution < -0.4 is 10.6 Å². The fourth-order valence-corrected chi connectivity index (χ4v) is 1.75. The normalized spacial score (nSPS) is 15.6. The van der Waals surface area contributed by atoms with Gasteiger partial charge in [-0.25, -0.2) is 0 Å². The highest BCUT2D eigenvalue weighted by Crippen LogP contribution is 2.29. The van der Waals surface area contributed by atoms with Gasteiger partial charge in [-0.05, 0) is 11.4 Å². The molecule has 0 spiro atoms. The first-order valence-corrected chi connectivity index (χ1v) is 3.90. The summed E-state index contributed by atoms with van der Waals surface area (Å²) in [6, 6.07) is 2.10. The number of rotatable bonds is 0.